The van der Waals surface area contributed by atoms with Crippen LogP contribution in [0, 0.1) is 24.2 Å². The van der Waals surface area contributed by atoms with Gasteiger partial charge in [-0.25, -0.2) is 0 Å². The van der Waals surface area contributed by atoms with Crippen LogP contribution in [0.1, 0.15) is 54.4 Å². The molecule has 4 rings (SSSR count). The van der Waals surface area contributed by atoms with Crippen LogP contribution in [0.2, 0.25) is 0 Å². The van der Waals surface area contributed by atoms with Gasteiger partial charge < -0.3 is 11.1 Å². The molecule has 5 heteroatoms. The summed E-state index contributed by atoms with van der Waals surface area (Å²) in [5, 5.41) is 3.49. The smallest absolute Gasteiger partial charge is 0.248 e. The molecule has 1 aromatic rings. The van der Waals surface area contributed by atoms with Crippen LogP contribution < -0.4 is 11.1 Å². The largest absolute Gasteiger partial charge is 0.366 e. The zero-order chi connectivity index (χ0) is 19.5. The lowest BCUT2D eigenvalue weighted by Crippen LogP contribution is -2.42. The average Bonchev–Trinajstić information content (AvgIpc) is 3.39. The lowest BCUT2D eigenvalue weighted by molar-refractivity contribution is -0.125. The van der Waals surface area contributed by atoms with Gasteiger partial charge in [-0.15, -0.1) is 0 Å². The fraction of sp³-hybridized carbons (Fsp3) is 0.609. The topological polar surface area (TPSA) is 75.4 Å². The standard InChI is InChI=1S/C23H32N3O2/c24-23(28)19-10-4-3-8-17(19)9-5-11-26-15-18-13-25-14-20(18)22(26)21(27)12-16-6-1-2-7-16/h3-4,8-10,16,18,20,22,25H,1-2,5-7,11-15H2,(H2,24,28)/t18?,20-,22+/m1/s1. The van der Waals surface area contributed by atoms with Crippen LogP contribution in [-0.4, -0.2) is 48.8 Å². The van der Waals surface area contributed by atoms with Crippen LogP contribution in [-0.2, 0) is 4.79 Å². The molecule has 28 heavy (non-hydrogen) atoms. The molecule has 2 heterocycles. The van der Waals surface area contributed by atoms with Gasteiger partial charge in [0.1, 0.15) is 0 Å². The Labute approximate surface area is 168 Å². The predicted molar refractivity (Wildman–Crippen MR) is 110 cm³/mol. The number of benzene rings is 1. The van der Waals surface area contributed by atoms with Gasteiger partial charge in [-0.2, -0.15) is 0 Å². The molecule has 2 aliphatic heterocycles. The summed E-state index contributed by atoms with van der Waals surface area (Å²) in [6.07, 6.45) is 8.70. The first kappa shape index (κ1) is 19.6. The number of Topliss-reactive ketones (excluding diaryl/α,β-unsaturated/α-hetero) is 1. The number of fused-ring (bicyclic) bond motifs is 1. The first-order valence-corrected chi connectivity index (χ1v) is 10.8. The summed E-state index contributed by atoms with van der Waals surface area (Å²) in [6.45, 7) is 3.87. The van der Waals surface area contributed by atoms with E-state index in [2.05, 4.69) is 16.6 Å². The third-order valence-corrected chi connectivity index (χ3v) is 6.96. The second kappa shape index (κ2) is 8.75. The summed E-state index contributed by atoms with van der Waals surface area (Å²) in [7, 11) is 0. The molecule has 1 saturated carbocycles. The van der Waals surface area contributed by atoms with E-state index in [1.165, 1.54) is 25.7 Å². The van der Waals surface area contributed by atoms with Crippen molar-refractivity contribution in [3.05, 3.63) is 41.8 Å². The first-order chi connectivity index (χ1) is 13.6. The second-order valence-corrected chi connectivity index (χ2v) is 8.79. The van der Waals surface area contributed by atoms with Crippen LogP contribution in [0.25, 0.3) is 0 Å². The Morgan fingerprint density at radius 3 is 2.75 bits per heavy atom. The SMILES string of the molecule is NC(=O)c1ccccc1[CH]CCN1CC2CNC[C@H]2[C@H]1C(=O)CC1CCCC1. The molecule has 3 aliphatic rings. The molecule has 1 amide bonds. The number of nitrogens with one attached hydrogen (secondary N) is 1. The van der Waals surface area contributed by atoms with E-state index >= 15 is 0 Å². The van der Waals surface area contributed by atoms with Crippen LogP contribution in [0.3, 0.4) is 0 Å². The van der Waals surface area contributed by atoms with Gasteiger partial charge in [0.05, 0.1) is 6.04 Å². The normalized spacial score (nSPS) is 27.9. The molecule has 151 valence electrons. The molecule has 1 aromatic carbocycles. The molecule has 1 unspecified atom stereocenters. The summed E-state index contributed by atoms with van der Waals surface area (Å²) in [5.41, 5.74) is 6.95. The summed E-state index contributed by atoms with van der Waals surface area (Å²) in [5.74, 6) is 1.73. The minimum atomic E-state index is -0.391. The van der Waals surface area contributed by atoms with Gasteiger partial charge in [0.25, 0.3) is 0 Å². The Kier molecular flexibility index (Phi) is 6.12. The number of hydrogen-bond acceptors (Lipinski definition) is 4. The van der Waals surface area contributed by atoms with E-state index in [1.807, 2.05) is 18.2 Å². The molecule has 1 aliphatic carbocycles. The lowest BCUT2D eigenvalue weighted by atomic mass is 9.87. The summed E-state index contributed by atoms with van der Waals surface area (Å²) < 4.78 is 0. The van der Waals surface area contributed by atoms with Crippen molar-refractivity contribution in [2.45, 2.75) is 44.6 Å². The predicted octanol–water partition coefficient (Wildman–Crippen LogP) is 2.40. The monoisotopic (exact) mass is 382 g/mol. The van der Waals surface area contributed by atoms with Crippen LogP contribution in [0.5, 0.6) is 0 Å². The molecular formula is C23H32N3O2. The molecule has 2 saturated heterocycles. The van der Waals surface area contributed by atoms with E-state index < -0.39 is 5.91 Å². The van der Waals surface area contributed by atoms with Crippen LogP contribution in [0.15, 0.2) is 24.3 Å². The van der Waals surface area contributed by atoms with E-state index in [-0.39, 0.29) is 6.04 Å². The highest BCUT2D eigenvalue weighted by Gasteiger charge is 2.47. The number of nitrogens with zero attached hydrogens (tertiary/aromatic N) is 1. The third-order valence-electron chi connectivity index (χ3n) is 6.96. The Hall–Kier alpha value is -1.72. The molecule has 0 spiro atoms. The fourth-order valence-corrected chi connectivity index (χ4v) is 5.59. The van der Waals surface area contributed by atoms with Gasteiger partial charge >= 0.3 is 0 Å². The number of carbonyl (C=O) groups excluding carboxylic acids is 2. The van der Waals surface area contributed by atoms with Crippen molar-refractivity contribution >= 4 is 11.7 Å². The number of rotatable bonds is 8. The molecule has 3 fully saturated rings. The van der Waals surface area contributed by atoms with Crippen LogP contribution >= 0.6 is 0 Å². The molecule has 0 bridgehead atoms. The Morgan fingerprint density at radius 1 is 1.18 bits per heavy atom. The molecule has 0 aromatic heterocycles. The molecule has 1 radical (unpaired) electrons. The minimum absolute atomic E-state index is 0.0698. The number of primary amides is 1. The zero-order valence-corrected chi connectivity index (χ0v) is 16.6. The minimum Gasteiger partial charge on any atom is -0.366 e. The Bertz CT molecular complexity index is 714. The highest BCUT2D eigenvalue weighted by molar-refractivity contribution is 5.94. The van der Waals surface area contributed by atoms with Gasteiger partial charge in [-0.05, 0) is 55.3 Å². The van der Waals surface area contributed by atoms with E-state index in [9.17, 15) is 9.59 Å². The van der Waals surface area contributed by atoms with E-state index in [4.69, 9.17) is 5.73 Å². The lowest BCUT2D eigenvalue weighted by Gasteiger charge is -2.27. The van der Waals surface area contributed by atoms with Gasteiger partial charge in [0.2, 0.25) is 5.91 Å². The maximum Gasteiger partial charge on any atom is 0.248 e. The molecule has 3 atom stereocenters. The summed E-state index contributed by atoms with van der Waals surface area (Å²) >= 11 is 0. The van der Waals surface area contributed by atoms with Crippen molar-refractivity contribution < 1.29 is 9.59 Å². The van der Waals surface area contributed by atoms with Crippen molar-refractivity contribution in [3.8, 4) is 0 Å². The highest BCUT2D eigenvalue weighted by atomic mass is 16.1. The molecule has 3 N–H and O–H groups in total. The summed E-state index contributed by atoms with van der Waals surface area (Å²) in [6, 6.07) is 7.54. The van der Waals surface area contributed by atoms with E-state index in [1.54, 1.807) is 6.07 Å². The summed E-state index contributed by atoms with van der Waals surface area (Å²) in [4.78, 5) is 27.2. The van der Waals surface area contributed by atoms with Crippen molar-refractivity contribution in [1.82, 2.24) is 10.2 Å². The van der Waals surface area contributed by atoms with Gasteiger partial charge in [0, 0.05) is 25.1 Å². The zero-order valence-electron chi connectivity index (χ0n) is 16.6. The quantitative estimate of drug-likeness (QED) is 0.724. The van der Waals surface area contributed by atoms with Crippen molar-refractivity contribution in [3.63, 3.8) is 0 Å². The Balaban J connectivity index is 1.38. The number of amides is 1. The number of nitrogens with two attached hydrogens (primary N) is 1. The van der Waals surface area contributed by atoms with E-state index in [0.717, 1.165) is 44.6 Å². The number of carbonyl (C=O) groups is 2. The fourth-order valence-electron chi connectivity index (χ4n) is 5.59. The van der Waals surface area contributed by atoms with Gasteiger partial charge in [-0.3, -0.25) is 14.5 Å². The van der Waals surface area contributed by atoms with Gasteiger partial charge in [0.15, 0.2) is 5.78 Å². The first-order valence-electron chi connectivity index (χ1n) is 10.8. The second-order valence-electron chi connectivity index (χ2n) is 8.79. The number of ketones is 1. The Morgan fingerprint density at radius 2 is 1.96 bits per heavy atom. The van der Waals surface area contributed by atoms with Gasteiger partial charge in [-0.1, -0.05) is 43.9 Å². The maximum absolute atomic E-state index is 13.2. The molecular weight excluding hydrogens is 350 g/mol. The third kappa shape index (κ3) is 4.15. The van der Waals surface area contributed by atoms with E-state index in [0.29, 0.717) is 29.1 Å². The van der Waals surface area contributed by atoms with Crippen LogP contribution in [0.4, 0.5) is 0 Å². The number of hydrogen-bond donors (Lipinski definition) is 2. The maximum atomic E-state index is 13.2. The van der Waals surface area contributed by atoms with Crippen molar-refractivity contribution in [2.75, 3.05) is 26.2 Å². The number of likely N-dealkylation sites (tertiary alicyclic amines) is 1. The van der Waals surface area contributed by atoms with Crippen molar-refractivity contribution in [1.29, 1.82) is 0 Å². The average molecular weight is 383 g/mol. The highest BCUT2D eigenvalue weighted by Crippen LogP contribution is 2.36. The molecule has 5 nitrogen and oxygen atoms in total. The van der Waals surface area contributed by atoms with Crippen molar-refractivity contribution in [2.24, 2.45) is 23.5 Å².